The zero-order valence-electron chi connectivity index (χ0n) is 9.50. The normalized spacial score (nSPS) is 17.1. The molecule has 90 valence electrons. The second-order valence-corrected chi connectivity index (χ2v) is 6.56. The number of halogens is 1. The highest BCUT2D eigenvalue weighted by atomic mass is 127. The van der Waals surface area contributed by atoms with Gasteiger partial charge in [-0.25, -0.2) is 0 Å². The Hall–Kier alpha value is 0.550. The minimum Gasteiger partial charge on any atom is -0.480 e. The van der Waals surface area contributed by atoms with Gasteiger partial charge in [0.25, 0.3) is 0 Å². The van der Waals surface area contributed by atoms with Gasteiger partial charge in [0, 0.05) is 3.92 Å². The molecule has 0 aliphatic carbocycles. The van der Waals surface area contributed by atoms with Crippen LogP contribution >= 0.6 is 35.2 Å². The van der Waals surface area contributed by atoms with Crippen molar-refractivity contribution in [2.75, 3.05) is 0 Å². The number of unbranched alkanes of at least 4 members (excludes halogenated alkanes) is 4. The monoisotopic (exact) mass is 344 g/mol. The van der Waals surface area contributed by atoms with Crippen LogP contribution in [-0.2, 0) is 4.79 Å². The van der Waals surface area contributed by atoms with Gasteiger partial charge < -0.3 is 5.11 Å². The van der Waals surface area contributed by atoms with Crippen molar-refractivity contribution in [3.63, 3.8) is 0 Å². The first-order valence-corrected chi connectivity index (χ1v) is 7.22. The van der Waals surface area contributed by atoms with Gasteiger partial charge in [-0.15, -0.1) is 0 Å². The molecule has 0 aromatic rings. The molecule has 0 aliphatic heterocycles. The number of carbonyl (C=O) groups is 1. The van der Waals surface area contributed by atoms with Crippen molar-refractivity contribution >= 4 is 41.2 Å². The van der Waals surface area contributed by atoms with Crippen LogP contribution in [0.4, 0.5) is 0 Å². The first-order chi connectivity index (χ1) is 6.92. The topological polar surface area (TPSA) is 37.3 Å². The summed E-state index contributed by atoms with van der Waals surface area (Å²) in [5.74, 6) is -0.821. The molecule has 4 heteroatoms. The van der Waals surface area contributed by atoms with Crippen molar-refractivity contribution in [3.8, 4) is 0 Å². The molecule has 0 bridgehead atoms. The SMILES string of the molecule is CCCCCCCC(I)C(C)(S)C(=O)O. The van der Waals surface area contributed by atoms with Crippen molar-refractivity contribution < 1.29 is 9.90 Å². The zero-order valence-corrected chi connectivity index (χ0v) is 12.6. The number of carboxylic acid groups (broad SMARTS) is 1. The van der Waals surface area contributed by atoms with Crippen molar-refractivity contribution in [1.29, 1.82) is 0 Å². The lowest BCUT2D eigenvalue weighted by atomic mass is 10.0. The third-order valence-electron chi connectivity index (χ3n) is 2.60. The van der Waals surface area contributed by atoms with Crippen LogP contribution in [0.15, 0.2) is 0 Å². The van der Waals surface area contributed by atoms with Crippen LogP contribution in [-0.4, -0.2) is 19.7 Å². The maximum Gasteiger partial charge on any atom is 0.320 e. The summed E-state index contributed by atoms with van der Waals surface area (Å²) >= 11 is 6.42. The molecule has 0 aromatic carbocycles. The number of carboxylic acids is 1. The summed E-state index contributed by atoms with van der Waals surface area (Å²) in [6.45, 7) is 3.87. The molecule has 0 amide bonds. The van der Waals surface area contributed by atoms with E-state index in [0.717, 1.165) is 12.8 Å². The highest BCUT2D eigenvalue weighted by Crippen LogP contribution is 2.30. The van der Waals surface area contributed by atoms with Gasteiger partial charge in [-0.3, -0.25) is 4.79 Å². The van der Waals surface area contributed by atoms with E-state index in [2.05, 4.69) is 42.1 Å². The molecule has 15 heavy (non-hydrogen) atoms. The quantitative estimate of drug-likeness (QED) is 0.303. The smallest absolute Gasteiger partial charge is 0.320 e. The summed E-state index contributed by atoms with van der Waals surface area (Å²) in [5.41, 5.74) is 0. The third kappa shape index (κ3) is 6.00. The first kappa shape index (κ1) is 15.6. The van der Waals surface area contributed by atoms with E-state index in [4.69, 9.17) is 5.11 Å². The van der Waals surface area contributed by atoms with E-state index in [1.54, 1.807) is 6.92 Å². The van der Waals surface area contributed by atoms with Crippen molar-refractivity contribution in [2.24, 2.45) is 0 Å². The van der Waals surface area contributed by atoms with Crippen LogP contribution in [0, 0.1) is 0 Å². The Kier molecular flexibility index (Phi) is 8.05. The Labute approximate surface area is 112 Å². The second-order valence-electron chi connectivity index (χ2n) is 4.12. The predicted molar refractivity (Wildman–Crippen MR) is 76.2 cm³/mol. The molecule has 0 rings (SSSR count). The van der Waals surface area contributed by atoms with Gasteiger partial charge in [-0.2, -0.15) is 12.6 Å². The lowest BCUT2D eigenvalue weighted by Gasteiger charge is -2.24. The maximum atomic E-state index is 10.9. The van der Waals surface area contributed by atoms with E-state index in [9.17, 15) is 4.79 Å². The average molecular weight is 344 g/mol. The van der Waals surface area contributed by atoms with Gasteiger partial charge in [-0.1, -0.05) is 61.6 Å². The molecule has 1 N–H and O–H groups in total. The van der Waals surface area contributed by atoms with Crippen molar-refractivity contribution in [2.45, 2.75) is 61.0 Å². The molecule has 0 saturated carbocycles. The molecule has 2 atom stereocenters. The van der Waals surface area contributed by atoms with Gasteiger partial charge >= 0.3 is 5.97 Å². The van der Waals surface area contributed by atoms with Crippen LogP contribution < -0.4 is 0 Å². The molecule has 0 fully saturated rings. The number of hydrogen-bond donors (Lipinski definition) is 2. The standard InChI is InChI=1S/C11H21IO2S/c1-3-4-5-6-7-8-9(12)11(2,15)10(13)14/h9,15H,3-8H2,1-2H3,(H,13,14). The largest absolute Gasteiger partial charge is 0.480 e. The van der Waals surface area contributed by atoms with Crippen LogP contribution in [0.1, 0.15) is 52.4 Å². The number of alkyl halides is 1. The lowest BCUT2D eigenvalue weighted by Crippen LogP contribution is -2.38. The third-order valence-corrected chi connectivity index (χ3v) is 5.47. The molecule has 0 aliphatic rings. The number of hydrogen-bond acceptors (Lipinski definition) is 2. The van der Waals surface area contributed by atoms with E-state index in [1.165, 1.54) is 25.7 Å². The molecule has 0 saturated heterocycles. The maximum absolute atomic E-state index is 10.9. The predicted octanol–water partition coefficient (Wildman–Crippen LogP) is 3.92. The minimum atomic E-state index is -0.898. The van der Waals surface area contributed by atoms with Gasteiger partial charge in [0.2, 0.25) is 0 Å². The van der Waals surface area contributed by atoms with E-state index in [-0.39, 0.29) is 3.92 Å². The van der Waals surface area contributed by atoms with Gasteiger partial charge in [0.15, 0.2) is 0 Å². The Morgan fingerprint density at radius 2 is 1.93 bits per heavy atom. The Morgan fingerprint density at radius 1 is 1.40 bits per heavy atom. The van der Waals surface area contributed by atoms with E-state index in [0.29, 0.717) is 0 Å². The highest BCUT2D eigenvalue weighted by molar-refractivity contribution is 14.1. The fraction of sp³-hybridized carbons (Fsp3) is 0.909. The van der Waals surface area contributed by atoms with Crippen LogP contribution in [0.2, 0.25) is 0 Å². The number of rotatable bonds is 8. The fourth-order valence-electron chi connectivity index (χ4n) is 1.34. The Bertz CT molecular complexity index is 195. The van der Waals surface area contributed by atoms with E-state index >= 15 is 0 Å². The molecule has 0 aromatic heterocycles. The Balaban J connectivity index is 3.73. The van der Waals surface area contributed by atoms with Crippen LogP contribution in [0.25, 0.3) is 0 Å². The number of aliphatic carboxylic acids is 1. The summed E-state index contributed by atoms with van der Waals surface area (Å²) in [6.07, 6.45) is 7.04. The van der Waals surface area contributed by atoms with Gasteiger partial charge in [0.1, 0.15) is 4.75 Å². The number of thiol groups is 1. The molecule has 0 radical (unpaired) electrons. The van der Waals surface area contributed by atoms with E-state index < -0.39 is 10.7 Å². The first-order valence-electron chi connectivity index (χ1n) is 5.52. The molecular weight excluding hydrogens is 323 g/mol. The summed E-state index contributed by atoms with van der Waals surface area (Å²) in [5, 5.41) is 8.97. The zero-order chi connectivity index (χ0) is 11.9. The van der Waals surface area contributed by atoms with Crippen molar-refractivity contribution in [1.82, 2.24) is 0 Å². The molecule has 0 heterocycles. The summed E-state index contributed by atoms with van der Waals surface area (Å²) in [4.78, 5) is 10.9. The highest BCUT2D eigenvalue weighted by Gasteiger charge is 2.35. The Morgan fingerprint density at radius 3 is 2.40 bits per heavy atom. The molecule has 0 spiro atoms. The van der Waals surface area contributed by atoms with Crippen LogP contribution in [0.3, 0.4) is 0 Å². The van der Waals surface area contributed by atoms with Gasteiger partial charge in [0.05, 0.1) is 0 Å². The lowest BCUT2D eigenvalue weighted by molar-refractivity contribution is -0.139. The average Bonchev–Trinajstić information content (AvgIpc) is 2.16. The summed E-state index contributed by atoms with van der Waals surface area (Å²) < 4.78 is -0.803. The molecular formula is C11H21IO2S. The summed E-state index contributed by atoms with van der Waals surface area (Å²) in [7, 11) is 0. The van der Waals surface area contributed by atoms with Gasteiger partial charge in [-0.05, 0) is 13.3 Å². The minimum absolute atomic E-state index is 0.0950. The van der Waals surface area contributed by atoms with E-state index in [1.807, 2.05) is 0 Å². The molecule has 2 unspecified atom stereocenters. The second kappa shape index (κ2) is 7.76. The summed E-state index contributed by atoms with van der Waals surface area (Å²) in [6, 6.07) is 0. The fourth-order valence-corrected chi connectivity index (χ4v) is 2.18. The van der Waals surface area contributed by atoms with Crippen molar-refractivity contribution in [3.05, 3.63) is 0 Å². The molecule has 2 nitrogen and oxygen atoms in total. The van der Waals surface area contributed by atoms with Crippen LogP contribution in [0.5, 0.6) is 0 Å².